The van der Waals surface area contributed by atoms with E-state index in [1.54, 1.807) is 6.20 Å². The second kappa shape index (κ2) is 11.2. The van der Waals surface area contributed by atoms with E-state index in [1.807, 2.05) is 93.2 Å². The Kier molecular flexibility index (Phi) is 7.99. The molecule has 0 aliphatic carbocycles. The topological polar surface area (TPSA) is 69.4 Å². The third-order valence-electron chi connectivity index (χ3n) is 5.54. The van der Waals surface area contributed by atoms with Crippen molar-refractivity contribution in [2.24, 2.45) is 0 Å². The van der Waals surface area contributed by atoms with Crippen LogP contribution < -0.4 is 0 Å². The molecule has 0 amide bonds. The molecule has 0 radical (unpaired) electrons. The summed E-state index contributed by atoms with van der Waals surface area (Å²) >= 11 is 18.1. The summed E-state index contributed by atoms with van der Waals surface area (Å²) in [4.78, 5) is 0. The molecule has 2 aromatic carbocycles. The van der Waals surface area contributed by atoms with Crippen molar-refractivity contribution in [2.75, 3.05) is 0 Å². The average Bonchev–Trinajstić information content (AvgIpc) is 3.40. The van der Waals surface area contributed by atoms with E-state index in [0.717, 1.165) is 50.7 Å². The molecule has 0 saturated heterocycles. The van der Waals surface area contributed by atoms with Crippen molar-refractivity contribution >= 4 is 34.8 Å². The molecular weight excluding hydrogens is 515 g/mol. The minimum atomic E-state index is 0.648. The highest BCUT2D eigenvalue weighted by Gasteiger charge is 2.16. The van der Waals surface area contributed by atoms with Gasteiger partial charge in [-0.15, -0.1) is 0 Å². The van der Waals surface area contributed by atoms with Crippen molar-refractivity contribution < 1.29 is 0 Å². The van der Waals surface area contributed by atoms with Crippen molar-refractivity contribution in [3.63, 3.8) is 0 Å². The fourth-order valence-corrected chi connectivity index (χ4v) is 4.31. The molecule has 0 bridgehead atoms. The predicted molar refractivity (Wildman–Crippen MR) is 146 cm³/mol. The number of halogens is 3. The molecule has 0 N–H and O–H groups in total. The van der Waals surface area contributed by atoms with Gasteiger partial charge in [-0.25, -0.2) is 4.68 Å². The zero-order valence-corrected chi connectivity index (χ0v) is 22.4. The first-order chi connectivity index (χ1) is 17.3. The minimum Gasteiger partial charge on any atom is -0.238 e. The summed E-state index contributed by atoms with van der Waals surface area (Å²) in [6, 6.07) is 17.1. The smallest absolute Gasteiger partial charge is 0.0973 e. The molecule has 0 unspecified atom stereocenters. The number of nitrogens with zero attached hydrogens (tertiary/aromatic N) is 6. The number of aryl methyl sites for hydroxylation is 4. The van der Waals surface area contributed by atoms with Gasteiger partial charge in [-0.05, 0) is 69.2 Å². The summed E-state index contributed by atoms with van der Waals surface area (Å²) in [7, 11) is 0. The average molecular weight is 538 g/mol. The predicted octanol–water partition coefficient (Wildman–Crippen LogP) is 7.67. The highest BCUT2D eigenvalue weighted by atomic mass is 35.5. The Morgan fingerprint density at radius 2 is 1.06 bits per heavy atom. The number of aromatic nitrogens is 6. The molecule has 0 atom stereocenters. The van der Waals surface area contributed by atoms with Crippen LogP contribution in [-0.2, 0) is 0 Å². The van der Waals surface area contributed by atoms with Gasteiger partial charge in [0.2, 0.25) is 0 Å². The van der Waals surface area contributed by atoms with Gasteiger partial charge in [-0.1, -0.05) is 59.1 Å². The Morgan fingerprint density at radius 1 is 0.583 bits per heavy atom. The first kappa shape index (κ1) is 25.8. The molecule has 182 valence electrons. The Balaban J connectivity index is 0.000000174. The Morgan fingerprint density at radius 3 is 1.58 bits per heavy atom. The molecule has 3 aromatic heterocycles. The highest BCUT2D eigenvalue weighted by molar-refractivity contribution is 6.34. The highest BCUT2D eigenvalue weighted by Crippen LogP contribution is 2.32. The summed E-state index contributed by atoms with van der Waals surface area (Å²) in [5.41, 5.74) is 8.21. The number of hydrogen-bond acceptors (Lipinski definition) is 5. The van der Waals surface area contributed by atoms with Gasteiger partial charge in [0.05, 0.1) is 33.5 Å². The summed E-state index contributed by atoms with van der Waals surface area (Å²) in [5, 5.41) is 22.9. The van der Waals surface area contributed by atoms with Crippen LogP contribution in [0.2, 0.25) is 15.1 Å². The van der Waals surface area contributed by atoms with Crippen LogP contribution in [0.5, 0.6) is 0 Å². The summed E-state index contributed by atoms with van der Waals surface area (Å²) in [6.07, 6.45) is 3.66. The second-order valence-electron chi connectivity index (χ2n) is 8.12. The molecule has 0 fully saturated rings. The number of hydrogen-bond donors (Lipinski definition) is 0. The van der Waals surface area contributed by atoms with E-state index in [1.165, 1.54) is 0 Å². The molecule has 5 rings (SSSR count). The zero-order valence-electron chi connectivity index (χ0n) is 20.2. The van der Waals surface area contributed by atoms with Crippen molar-refractivity contribution in [3.05, 3.63) is 105 Å². The molecule has 9 heteroatoms. The molecule has 5 aromatic rings. The molecule has 0 aliphatic rings. The normalized spacial score (nSPS) is 10.6. The summed E-state index contributed by atoms with van der Waals surface area (Å²) in [6.45, 7) is 7.61. The molecule has 0 spiro atoms. The molecule has 3 heterocycles. The van der Waals surface area contributed by atoms with Crippen molar-refractivity contribution in [1.82, 2.24) is 30.2 Å². The van der Waals surface area contributed by atoms with Crippen LogP contribution in [0.1, 0.15) is 22.8 Å². The van der Waals surface area contributed by atoms with Crippen LogP contribution >= 0.6 is 34.8 Å². The van der Waals surface area contributed by atoms with Gasteiger partial charge in [0, 0.05) is 33.6 Å². The lowest BCUT2D eigenvalue weighted by atomic mass is 10.0. The molecular formula is C27H23Cl3N6. The Bertz CT molecular complexity index is 1480. The van der Waals surface area contributed by atoms with Crippen LogP contribution in [0.3, 0.4) is 0 Å². The van der Waals surface area contributed by atoms with Crippen LogP contribution in [0.15, 0.2) is 67.0 Å². The number of rotatable bonds is 3. The maximum atomic E-state index is 6.24. The SMILES string of the molecule is Cc1nnc(C)c(-c2ccc(Cl)cc2)c1Cl.Cc1nnc(C)c(-n2cccn2)c1-c1ccc(Cl)cc1. The third kappa shape index (κ3) is 5.57. The van der Waals surface area contributed by atoms with Gasteiger partial charge in [0.15, 0.2) is 0 Å². The summed E-state index contributed by atoms with van der Waals surface area (Å²) < 4.78 is 1.82. The second-order valence-corrected chi connectivity index (χ2v) is 9.37. The summed E-state index contributed by atoms with van der Waals surface area (Å²) in [5.74, 6) is 0. The Hall–Kier alpha value is -3.32. The molecule has 0 saturated carbocycles. The van der Waals surface area contributed by atoms with Gasteiger partial charge in [0.25, 0.3) is 0 Å². The van der Waals surface area contributed by atoms with E-state index < -0.39 is 0 Å². The number of benzene rings is 2. The Labute approximate surface area is 224 Å². The maximum absolute atomic E-state index is 6.24. The van der Waals surface area contributed by atoms with Crippen molar-refractivity contribution in [2.45, 2.75) is 27.7 Å². The van der Waals surface area contributed by atoms with E-state index in [2.05, 4.69) is 25.5 Å². The van der Waals surface area contributed by atoms with Crippen molar-refractivity contribution in [3.8, 4) is 27.9 Å². The van der Waals surface area contributed by atoms with Crippen LogP contribution in [0.4, 0.5) is 0 Å². The largest absolute Gasteiger partial charge is 0.238 e. The first-order valence-electron chi connectivity index (χ1n) is 11.1. The zero-order chi connectivity index (χ0) is 25.8. The van der Waals surface area contributed by atoms with E-state index in [-0.39, 0.29) is 0 Å². The van der Waals surface area contributed by atoms with E-state index in [9.17, 15) is 0 Å². The van der Waals surface area contributed by atoms with Crippen LogP contribution in [0, 0.1) is 27.7 Å². The molecule has 36 heavy (non-hydrogen) atoms. The van der Waals surface area contributed by atoms with Crippen LogP contribution in [-0.4, -0.2) is 30.2 Å². The fourth-order valence-electron chi connectivity index (χ4n) is 3.78. The molecule has 6 nitrogen and oxygen atoms in total. The van der Waals surface area contributed by atoms with E-state index in [4.69, 9.17) is 34.8 Å². The van der Waals surface area contributed by atoms with Gasteiger partial charge in [0.1, 0.15) is 0 Å². The van der Waals surface area contributed by atoms with Crippen molar-refractivity contribution in [1.29, 1.82) is 0 Å². The van der Waals surface area contributed by atoms with Gasteiger partial charge in [-0.2, -0.15) is 25.5 Å². The van der Waals surface area contributed by atoms with E-state index >= 15 is 0 Å². The van der Waals surface area contributed by atoms with Gasteiger partial charge < -0.3 is 0 Å². The maximum Gasteiger partial charge on any atom is 0.0973 e. The van der Waals surface area contributed by atoms with Gasteiger partial charge in [-0.3, -0.25) is 0 Å². The monoisotopic (exact) mass is 536 g/mol. The third-order valence-corrected chi connectivity index (χ3v) is 6.51. The lowest BCUT2D eigenvalue weighted by Crippen LogP contribution is -2.06. The lowest BCUT2D eigenvalue weighted by Gasteiger charge is -2.14. The van der Waals surface area contributed by atoms with Crippen LogP contribution in [0.25, 0.3) is 27.9 Å². The quantitative estimate of drug-likeness (QED) is 0.236. The lowest BCUT2D eigenvalue weighted by molar-refractivity contribution is 0.833. The van der Waals surface area contributed by atoms with Gasteiger partial charge >= 0.3 is 0 Å². The van der Waals surface area contributed by atoms with E-state index in [0.29, 0.717) is 15.1 Å². The first-order valence-corrected chi connectivity index (χ1v) is 12.2. The minimum absolute atomic E-state index is 0.648. The fraction of sp³-hybridized carbons (Fsp3) is 0.148. The standard InChI is InChI=1S/C15H13ClN4.C12H10Cl2N2/c1-10-14(12-4-6-13(16)7-5-12)15(11(2)19-18-10)20-9-3-8-17-20;1-7-11(12(14)8(2)16-15-7)9-3-5-10(13)6-4-9/h3-9H,1-2H3;3-6H,1-2H3. The molecule has 0 aliphatic heterocycles.